The summed E-state index contributed by atoms with van der Waals surface area (Å²) in [6.07, 6.45) is 1.45. The fourth-order valence-electron chi connectivity index (χ4n) is 2.76. The molecule has 0 radical (unpaired) electrons. The number of aliphatic carboxylic acids is 1. The Morgan fingerprint density at radius 1 is 1.22 bits per heavy atom. The van der Waals surface area contributed by atoms with Crippen molar-refractivity contribution in [2.45, 2.75) is 25.5 Å². The summed E-state index contributed by atoms with van der Waals surface area (Å²) in [5.41, 5.74) is 2.70. The highest BCUT2D eigenvalue weighted by atomic mass is 19.1. The molecule has 1 aliphatic rings. The molecule has 23 heavy (non-hydrogen) atoms. The molecular weight excluding hydrogens is 297 g/mol. The number of hydrogen-bond acceptors (Lipinski definition) is 3. The highest BCUT2D eigenvalue weighted by Crippen LogP contribution is 2.22. The van der Waals surface area contributed by atoms with Crippen LogP contribution in [0.3, 0.4) is 0 Å². The maximum absolute atomic E-state index is 13.3. The molecule has 1 aliphatic heterocycles. The standard InChI is InChI=1S/C18H18FNO3/c19-16-4-1-3-15(11-16)14-8-6-13(7-9-14)12-23-20-10-2-5-17(20)18(21)22/h1,3-4,6-9,11,17H,2,5,10,12H2,(H,21,22). The molecule has 0 bridgehead atoms. The second-order valence-corrected chi connectivity index (χ2v) is 5.62. The Bertz CT molecular complexity index is 687. The molecule has 1 saturated heterocycles. The fourth-order valence-corrected chi connectivity index (χ4v) is 2.76. The van der Waals surface area contributed by atoms with E-state index in [1.807, 2.05) is 30.3 Å². The molecule has 4 nitrogen and oxygen atoms in total. The summed E-state index contributed by atoms with van der Waals surface area (Å²) in [6, 6.07) is 13.5. The van der Waals surface area contributed by atoms with Crippen LogP contribution in [0.4, 0.5) is 4.39 Å². The van der Waals surface area contributed by atoms with E-state index in [0.717, 1.165) is 23.1 Å². The summed E-state index contributed by atoms with van der Waals surface area (Å²) in [6.45, 7) is 0.964. The minimum atomic E-state index is -0.844. The van der Waals surface area contributed by atoms with Gasteiger partial charge in [-0.25, -0.2) is 4.39 Å². The summed E-state index contributed by atoms with van der Waals surface area (Å²) in [4.78, 5) is 16.7. The van der Waals surface area contributed by atoms with Crippen LogP contribution in [0.15, 0.2) is 48.5 Å². The van der Waals surface area contributed by atoms with Crippen molar-refractivity contribution in [3.05, 3.63) is 59.9 Å². The SMILES string of the molecule is O=C(O)C1CCCN1OCc1ccc(-c2cccc(F)c2)cc1. The van der Waals surface area contributed by atoms with Crippen LogP contribution < -0.4 is 0 Å². The van der Waals surface area contributed by atoms with Gasteiger partial charge in [-0.2, -0.15) is 5.06 Å². The Hall–Kier alpha value is -2.24. The number of hydroxylamine groups is 2. The van der Waals surface area contributed by atoms with E-state index in [-0.39, 0.29) is 5.82 Å². The summed E-state index contributed by atoms with van der Waals surface area (Å²) >= 11 is 0. The van der Waals surface area contributed by atoms with Crippen molar-refractivity contribution in [1.82, 2.24) is 5.06 Å². The number of benzene rings is 2. The number of rotatable bonds is 5. The molecule has 2 aromatic rings. The number of hydrogen-bond donors (Lipinski definition) is 1. The van der Waals surface area contributed by atoms with Crippen molar-refractivity contribution in [2.75, 3.05) is 6.54 Å². The first-order valence-electron chi connectivity index (χ1n) is 7.61. The van der Waals surface area contributed by atoms with Crippen LogP contribution in [0.5, 0.6) is 0 Å². The predicted octanol–water partition coefficient (Wildman–Crippen LogP) is 3.47. The van der Waals surface area contributed by atoms with Gasteiger partial charge in [0.2, 0.25) is 0 Å². The molecule has 0 amide bonds. The Balaban J connectivity index is 1.63. The normalized spacial score (nSPS) is 18.2. The number of carboxylic acids is 1. The first-order valence-corrected chi connectivity index (χ1v) is 7.61. The molecular formula is C18H18FNO3. The third kappa shape index (κ3) is 3.75. The first-order chi connectivity index (χ1) is 11.1. The van der Waals surface area contributed by atoms with Crippen molar-refractivity contribution >= 4 is 5.97 Å². The van der Waals surface area contributed by atoms with Gasteiger partial charge in [0.05, 0.1) is 6.61 Å². The summed E-state index contributed by atoms with van der Waals surface area (Å²) in [7, 11) is 0. The minimum absolute atomic E-state index is 0.261. The molecule has 1 fully saturated rings. The maximum atomic E-state index is 13.3. The molecule has 1 N–H and O–H groups in total. The predicted molar refractivity (Wildman–Crippen MR) is 84.0 cm³/mol. The van der Waals surface area contributed by atoms with E-state index in [2.05, 4.69) is 0 Å². The van der Waals surface area contributed by atoms with Gasteiger partial charge in [0.1, 0.15) is 11.9 Å². The lowest BCUT2D eigenvalue weighted by atomic mass is 10.0. The molecule has 0 spiro atoms. The van der Waals surface area contributed by atoms with Crippen LogP contribution in [0, 0.1) is 5.82 Å². The topological polar surface area (TPSA) is 49.8 Å². The lowest BCUT2D eigenvalue weighted by molar-refractivity contribution is -0.192. The van der Waals surface area contributed by atoms with Gasteiger partial charge < -0.3 is 5.11 Å². The maximum Gasteiger partial charge on any atom is 0.323 e. The van der Waals surface area contributed by atoms with Crippen molar-refractivity contribution in [3.8, 4) is 11.1 Å². The van der Waals surface area contributed by atoms with E-state index in [1.165, 1.54) is 12.1 Å². The number of carboxylic acid groups (broad SMARTS) is 1. The van der Waals surface area contributed by atoms with E-state index in [4.69, 9.17) is 9.94 Å². The first kappa shape index (κ1) is 15.6. The molecule has 1 heterocycles. The molecule has 1 atom stereocenters. The van der Waals surface area contributed by atoms with E-state index in [9.17, 15) is 9.18 Å². The van der Waals surface area contributed by atoms with E-state index < -0.39 is 12.0 Å². The van der Waals surface area contributed by atoms with Gasteiger partial charge in [0.25, 0.3) is 0 Å². The van der Waals surface area contributed by atoms with Crippen LogP contribution in [0.2, 0.25) is 0 Å². The summed E-state index contributed by atoms with van der Waals surface area (Å²) in [5, 5.41) is 10.7. The Labute approximate surface area is 134 Å². The zero-order chi connectivity index (χ0) is 16.2. The van der Waals surface area contributed by atoms with Gasteiger partial charge in [-0.05, 0) is 41.7 Å². The molecule has 3 rings (SSSR count). The molecule has 2 aromatic carbocycles. The molecule has 120 valence electrons. The van der Waals surface area contributed by atoms with Crippen LogP contribution in [-0.2, 0) is 16.2 Å². The lowest BCUT2D eigenvalue weighted by Gasteiger charge is -2.20. The molecule has 5 heteroatoms. The Morgan fingerprint density at radius 2 is 2.00 bits per heavy atom. The van der Waals surface area contributed by atoms with Crippen molar-refractivity contribution in [3.63, 3.8) is 0 Å². The van der Waals surface area contributed by atoms with Gasteiger partial charge in [0, 0.05) is 6.54 Å². The molecule has 1 unspecified atom stereocenters. The Kier molecular flexibility index (Phi) is 4.69. The Morgan fingerprint density at radius 3 is 2.70 bits per heavy atom. The highest BCUT2D eigenvalue weighted by molar-refractivity contribution is 5.73. The molecule has 0 aromatic heterocycles. The van der Waals surface area contributed by atoms with Gasteiger partial charge in [0.15, 0.2) is 0 Å². The zero-order valence-corrected chi connectivity index (χ0v) is 12.6. The third-order valence-corrected chi connectivity index (χ3v) is 4.00. The highest BCUT2D eigenvalue weighted by Gasteiger charge is 2.31. The number of carbonyl (C=O) groups is 1. The van der Waals surface area contributed by atoms with Crippen LogP contribution in [0.1, 0.15) is 18.4 Å². The monoisotopic (exact) mass is 315 g/mol. The minimum Gasteiger partial charge on any atom is -0.480 e. The quantitative estimate of drug-likeness (QED) is 0.918. The van der Waals surface area contributed by atoms with Crippen LogP contribution in [-0.4, -0.2) is 28.7 Å². The van der Waals surface area contributed by atoms with Crippen LogP contribution >= 0.6 is 0 Å². The third-order valence-electron chi connectivity index (χ3n) is 4.00. The number of nitrogens with zero attached hydrogens (tertiary/aromatic N) is 1. The zero-order valence-electron chi connectivity index (χ0n) is 12.6. The second kappa shape index (κ2) is 6.89. The average Bonchev–Trinajstić information content (AvgIpc) is 3.02. The van der Waals surface area contributed by atoms with Crippen LogP contribution in [0.25, 0.3) is 11.1 Å². The molecule has 0 saturated carbocycles. The lowest BCUT2D eigenvalue weighted by Crippen LogP contribution is -2.35. The van der Waals surface area contributed by atoms with Gasteiger partial charge in [-0.1, -0.05) is 36.4 Å². The largest absolute Gasteiger partial charge is 0.480 e. The summed E-state index contributed by atoms with van der Waals surface area (Å²) in [5.74, 6) is -1.10. The van der Waals surface area contributed by atoms with Crippen molar-refractivity contribution < 1.29 is 19.1 Å². The smallest absolute Gasteiger partial charge is 0.323 e. The van der Waals surface area contributed by atoms with E-state index >= 15 is 0 Å². The van der Waals surface area contributed by atoms with Gasteiger partial charge in [-0.15, -0.1) is 0 Å². The number of halogens is 1. The van der Waals surface area contributed by atoms with Crippen molar-refractivity contribution in [1.29, 1.82) is 0 Å². The average molecular weight is 315 g/mol. The summed E-state index contributed by atoms with van der Waals surface area (Å²) < 4.78 is 13.3. The second-order valence-electron chi connectivity index (χ2n) is 5.62. The van der Waals surface area contributed by atoms with Gasteiger partial charge in [-0.3, -0.25) is 9.63 Å². The van der Waals surface area contributed by atoms with E-state index in [1.54, 1.807) is 11.1 Å². The van der Waals surface area contributed by atoms with Crippen molar-refractivity contribution in [2.24, 2.45) is 0 Å². The molecule has 0 aliphatic carbocycles. The fraction of sp³-hybridized carbons (Fsp3) is 0.278. The van der Waals surface area contributed by atoms with E-state index in [0.29, 0.717) is 19.6 Å². The van der Waals surface area contributed by atoms with Gasteiger partial charge >= 0.3 is 5.97 Å².